The fraction of sp³-hybridized carbons (Fsp3) is 0.375. The molecule has 2 aromatic rings. The standard InChI is InChI=1S/C16H18N4O3/c1-4-23-14(22)12-8-16(3,20-19-12)15-17-11-6-5-9(2)7-10(11)13(21)18-15/h5-7,20H,4,8H2,1-3H3,(H,17,18,21). The van der Waals surface area contributed by atoms with E-state index in [4.69, 9.17) is 4.74 Å². The molecule has 0 bridgehead atoms. The van der Waals surface area contributed by atoms with E-state index in [9.17, 15) is 9.59 Å². The zero-order valence-corrected chi connectivity index (χ0v) is 13.3. The number of carbonyl (C=O) groups is 1. The van der Waals surface area contributed by atoms with Gasteiger partial charge in [0.05, 0.1) is 17.5 Å². The van der Waals surface area contributed by atoms with Gasteiger partial charge >= 0.3 is 5.97 Å². The largest absolute Gasteiger partial charge is 0.461 e. The number of hydrogen-bond donors (Lipinski definition) is 2. The summed E-state index contributed by atoms with van der Waals surface area (Å²) in [5.41, 5.74) is 3.84. The van der Waals surface area contributed by atoms with Crippen LogP contribution in [-0.2, 0) is 15.1 Å². The maximum absolute atomic E-state index is 12.3. The highest BCUT2D eigenvalue weighted by Gasteiger charge is 2.38. The van der Waals surface area contributed by atoms with Crippen molar-refractivity contribution in [3.05, 3.63) is 39.9 Å². The molecule has 0 saturated heterocycles. The molecular formula is C16H18N4O3. The van der Waals surface area contributed by atoms with Crippen LogP contribution in [0.15, 0.2) is 28.1 Å². The van der Waals surface area contributed by atoms with Crippen molar-refractivity contribution in [2.45, 2.75) is 32.7 Å². The summed E-state index contributed by atoms with van der Waals surface area (Å²) in [6, 6.07) is 5.52. The van der Waals surface area contributed by atoms with Crippen molar-refractivity contribution in [1.29, 1.82) is 0 Å². The summed E-state index contributed by atoms with van der Waals surface area (Å²) < 4.78 is 4.96. The van der Waals surface area contributed by atoms with Crippen LogP contribution < -0.4 is 11.0 Å². The molecule has 0 fully saturated rings. The third-order valence-corrected chi connectivity index (χ3v) is 3.85. The van der Waals surface area contributed by atoms with Crippen molar-refractivity contribution in [2.75, 3.05) is 6.61 Å². The fourth-order valence-corrected chi connectivity index (χ4v) is 2.59. The number of carbonyl (C=O) groups excluding carboxylic acids is 1. The molecule has 0 spiro atoms. The summed E-state index contributed by atoms with van der Waals surface area (Å²) in [5, 5.41) is 4.58. The Balaban J connectivity index is 1.97. The molecule has 0 aliphatic carbocycles. The molecule has 3 rings (SSSR count). The van der Waals surface area contributed by atoms with Crippen LogP contribution >= 0.6 is 0 Å². The topological polar surface area (TPSA) is 96.4 Å². The summed E-state index contributed by atoms with van der Waals surface area (Å²) >= 11 is 0. The molecule has 7 nitrogen and oxygen atoms in total. The first kappa shape index (κ1) is 15.2. The quantitative estimate of drug-likeness (QED) is 0.834. The lowest BCUT2D eigenvalue weighted by atomic mass is 9.95. The summed E-state index contributed by atoms with van der Waals surface area (Å²) in [6.07, 6.45) is 0.298. The van der Waals surface area contributed by atoms with Crippen molar-refractivity contribution >= 4 is 22.6 Å². The molecule has 23 heavy (non-hydrogen) atoms. The van der Waals surface area contributed by atoms with Gasteiger partial charge < -0.3 is 9.72 Å². The Labute approximate surface area is 132 Å². The lowest BCUT2D eigenvalue weighted by Crippen LogP contribution is -2.37. The molecule has 120 valence electrons. The Morgan fingerprint density at radius 3 is 2.96 bits per heavy atom. The van der Waals surface area contributed by atoms with E-state index in [0.29, 0.717) is 35.5 Å². The highest BCUT2D eigenvalue weighted by Crippen LogP contribution is 2.27. The first-order chi connectivity index (χ1) is 10.9. The van der Waals surface area contributed by atoms with Gasteiger partial charge in [-0.2, -0.15) is 5.10 Å². The van der Waals surface area contributed by atoms with Gasteiger partial charge in [0.1, 0.15) is 17.1 Å². The number of nitrogens with one attached hydrogen (secondary N) is 2. The number of fused-ring (bicyclic) bond motifs is 1. The molecule has 1 unspecified atom stereocenters. The Morgan fingerprint density at radius 2 is 2.22 bits per heavy atom. The van der Waals surface area contributed by atoms with Crippen LogP contribution in [0.25, 0.3) is 10.9 Å². The molecule has 0 radical (unpaired) electrons. The third-order valence-electron chi connectivity index (χ3n) is 3.85. The zero-order chi connectivity index (χ0) is 16.6. The van der Waals surface area contributed by atoms with Crippen molar-refractivity contribution in [3.8, 4) is 0 Å². The van der Waals surface area contributed by atoms with Crippen molar-refractivity contribution in [3.63, 3.8) is 0 Å². The zero-order valence-electron chi connectivity index (χ0n) is 13.3. The number of aromatic nitrogens is 2. The van der Waals surface area contributed by atoms with Gasteiger partial charge in [-0.05, 0) is 32.9 Å². The second-order valence-corrected chi connectivity index (χ2v) is 5.83. The van der Waals surface area contributed by atoms with Crippen LogP contribution in [0.5, 0.6) is 0 Å². The van der Waals surface area contributed by atoms with E-state index >= 15 is 0 Å². The first-order valence-electron chi connectivity index (χ1n) is 7.45. The lowest BCUT2D eigenvalue weighted by molar-refractivity contribution is -0.135. The molecule has 7 heteroatoms. The van der Waals surface area contributed by atoms with Crippen LogP contribution in [-0.4, -0.2) is 28.3 Å². The minimum atomic E-state index is -0.750. The summed E-state index contributed by atoms with van der Waals surface area (Å²) in [4.78, 5) is 31.4. The second kappa shape index (κ2) is 5.49. The minimum absolute atomic E-state index is 0.207. The van der Waals surface area contributed by atoms with Crippen molar-refractivity contribution < 1.29 is 9.53 Å². The van der Waals surface area contributed by atoms with Gasteiger partial charge in [0.15, 0.2) is 0 Å². The first-order valence-corrected chi connectivity index (χ1v) is 7.45. The third kappa shape index (κ3) is 2.69. The fourth-order valence-electron chi connectivity index (χ4n) is 2.59. The summed E-state index contributed by atoms with van der Waals surface area (Å²) in [7, 11) is 0. The maximum atomic E-state index is 12.3. The average molecular weight is 314 g/mol. The maximum Gasteiger partial charge on any atom is 0.354 e. The minimum Gasteiger partial charge on any atom is -0.461 e. The molecule has 0 amide bonds. The molecule has 1 aliphatic heterocycles. The number of aromatic amines is 1. The average Bonchev–Trinajstić information content (AvgIpc) is 2.92. The number of rotatable bonds is 3. The molecule has 0 saturated carbocycles. The van der Waals surface area contributed by atoms with Crippen LogP contribution in [0.3, 0.4) is 0 Å². The number of aryl methyl sites for hydroxylation is 1. The van der Waals surface area contributed by atoms with Crippen molar-refractivity contribution in [1.82, 2.24) is 15.4 Å². The van der Waals surface area contributed by atoms with E-state index in [-0.39, 0.29) is 5.56 Å². The number of hydrogen-bond acceptors (Lipinski definition) is 6. The Hall–Kier alpha value is -2.70. The van der Waals surface area contributed by atoms with Crippen molar-refractivity contribution in [2.24, 2.45) is 5.10 Å². The van der Waals surface area contributed by atoms with Crippen LogP contribution in [0.2, 0.25) is 0 Å². The predicted molar refractivity (Wildman–Crippen MR) is 86.3 cm³/mol. The van der Waals surface area contributed by atoms with Gasteiger partial charge in [0.25, 0.3) is 5.56 Å². The van der Waals surface area contributed by atoms with Crippen LogP contribution in [0.1, 0.15) is 31.7 Å². The van der Waals surface area contributed by atoms with E-state index in [1.54, 1.807) is 13.0 Å². The van der Waals surface area contributed by atoms with E-state index in [1.807, 2.05) is 26.0 Å². The molecule has 2 N–H and O–H groups in total. The molecule has 1 aliphatic rings. The van der Waals surface area contributed by atoms with Gasteiger partial charge in [-0.25, -0.2) is 9.78 Å². The summed E-state index contributed by atoms with van der Waals surface area (Å²) in [5.74, 6) is -0.00983. The SMILES string of the molecule is CCOC(=O)C1=NNC(C)(c2nc3ccc(C)cc3c(=O)[nH]2)C1. The molecule has 1 atom stereocenters. The number of nitrogens with zero attached hydrogens (tertiary/aromatic N) is 2. The highest BCUT2D eigenvalue weighted by atomic mass is 16.5. The van der Waals surface area contributed by atoms with Gasteiger partial charge in [0, 0.05) is 6.42 Å². The van der Waals surface area contributed by atoms with Gasteiger partial charge in [-0.3, -0.25) is 10.2 Å². The smallest absolute Gasteiger partial charge is 0.354 e. The molecular weight excluding hydrogens is 296 g/mol. The highest BCUT2D eigenvalue weighted by molar-refractivity contribution is 6.37. The Bertz CT molecular complexity index is 871. The van der Waals surface area contributed by atoms with E-state index in [1.165, 1.54) is 0 Å². The van der Waals surface area contributed by atoms with E-state index in [2.05, 4.69) is 20.5 Å². The predicted octanol–water partition coefficient (Wildman–Crippen LogP) is 1.36. The Kier molecular flexibility index (Phi) is 3.63. The van der Waals surface area contributed by atoms with Gasteiger partial charge in [0.2, 0.25) is 0 Å². The lowest BCUT2D eigenvalue weighted by Gasteiger charge is -2.22. The number of hydrazone groups is 1. The van der Waals surface area contributed by atoms with Crippen LogP contribution in [0.4, 0.5) is 0 Å². The molecule has 1 aromatic heterocycles. The van der Waals surface area contributed by atoms with Gasteiger partial charge in [-0.1, -0.05) is 11.6 Å². The number of ether oxygens (including phenoxy) is 1. The second-order valence-electron chi connectivity index (χ2n) is 5.83. The molecule has 2 heterocycles. The number of H-pyrrole nitrogens is 1. The number of esters is 1. The van der Waals surface area contributed by atoms with Gasteiger partial charge in [-0.15, -0.1) is 0 Å². The Morgan fingerprint density at radius 1 is 1.43 bits per heavy atom. The molecule has 1 aromatic carbocycles. The monoisotopic (exact) mass is 314 g/mol. The van der Waals surface area contributed by atoms with E-state index in [0.717, 1.165) is 5.56 Å². The van der Waals surface area contributed by atoms with Crippen LogP contribution in [0, 0.1) is 6.92 Å². The normalized spacial score (nSPS) is 20.2. The number of benzene rings is 1. The van der Waals surface area contributed by atoms with E-state index < -0.39 is 11.5 Å². The summed E-state index contributed by atoms with van der Waals surface area (Å²) in [6.45, 7) is 5.79.